The van der Waals surface area contributed by atoms with Crippen LogP contribution in [0, 0.1) is 0 Å². The predicted molar refractivity (Wildman–Crippen MR) is 46.6 cm³/mol. The molecule has 0 aromatic rings. The summed E-state index contributed by atoms with van der Waals surface area (Å²) in [6.07, 6.45) is 3.22. The fourth-order valence-electron chi connectivity index (χ4n) is 0.627. The molecule has 0 saturated heterocycles. The number of hydrogen-bond acceptors (Lipinski definition) is 3. The average Bonchev–Trinajstić information content (AvgIpc) is 2.10. The van der Waals surface area contributed by atoms with Crippen molar-refractivity contribution in [3.8, 4) is 0 Å². The molecule has 0 amide bonds. The highest BCUT2D eigenvalue weighted by Crippen LogP contribution is 1.99. The maximum absolute atomic E-state index is 10.9. The van der Waals surface area contributed by atoms with Gasteiger partial charge in [-0.05, 0) is 18.6 Å². The van der Waals surface area contributed by atoms with Crippen molar-refractivity contribution in [1.82, 2.24) is 0 Å². The minimum Gasteiger partial charge on any atom is -0.454 e. The molecule has 0 aliphatic rings. The second-order valence-corrected chi connectivity index (χ2v) is 2.25. The van der Waals surface area contributed by atoms with Crippen LogP contribution >= 0.6 is 0 Å². The van der Waals surface area contributed by atoms with Gasteiger partial charge in [0.25, 0.3) is 0 Å². The minimum atomic E-state index is -0.420. The number of carbonyl (C=O) groups is 1. The van der Waals surface area contributed by atoms with E-state index in [0.717, 1.165) is 0 Å². The van der Waals surface area contributed by atoms with E-state index in [1.165, 1.54) is 12.2 Å². The molecule has 0 bridgehead atoms. The van der Waals surface area contributed by atoms with Crippen molar-refractivity contribution in [3.63, 3.8) is 0 Å². The van der Waals surface area contributed by atoms with Crippen LogP contribution in [-0.2, 0) is 9.53 Å². The fraction of sp³-hybridized carbons (Fsp3) is 0.444. The second-order valence-electron chi connectivity index (χ2n) is 2.25. The first-order chi connectivity index (χ1) is 5.74. The summed E-state index contributed by atoms with van der Waals surface area (Å²) in [5.74, 6) is -0.339. The van der Waals surface area contributed by atoms with E-state index < -0.39 is 6.10 Å². The minimum absolute atomic E-state index is 0.00193. The molecule has 0 heterocycles. The van der Waals surface area contributed by atoms with Gasteiger partial charge in [0, 0.05) is 13.0 Å². The standard InChI is InChI=1S/C9H14O3/c1-3-8(4-2)12-9(11)6-5-7-10/h3-4,8,10H,1-2,5-7H2. The maximum atomic E-state index is 10.9. The molecule has 0 rings (SSSR count). The predicted octanol–water partition coefficient (Wildman–Crippen LogP) is 1.04. The van der Waals surface area contributed by atoms with Crippen LogP contribution in [0.4, 0.5) is 0 Å². The maximum Gasteiger partial charge on any atom is 0.306 e. The molecule has 0 aliphatic heterocycles. The Hall–Kier alpha value is -1.09. The highest BCUT2D eigenvalue weighted by atomic mass is 16.5. The van der Waals surface area contributed by atoms with Gasteiger partial charge in [-0.2, -0.15) is 0 Å². The van der Waals surface area contributed by atoms with Crippen LogP contribution in [0.3, 0.4) is 0 Å². The van der Waals surface area contributed by atoms with Gasteiger partial charge in [0.1, 0.15) is 6.10 Å². The summed E-state index contributed by atoms with van der Waals surface area (Å²) in [7, 11) is 0. The zero-order valence-electron chi connectivity index (χ0n) is 7.03. The number of aliphatic hydroxyl groups is 1. The smallest absolute Gasteiger partial charge is 0.306 e. The Morgan fingerprint density at radius 1 is 1.50 bits per heavy atom. The van der Waals surface area contributed by atoms with Crippen molar-refractivity contribution in [2.75, 3.05) is 6.61 Å². The third-order valence-corrected chi connectivity index (χ3v) is 1.27. The van der Waals surface area contributed by atoms with Gasteiger partial charge in [0.05, 0.1) is 0 Å². The number of ether oxygens (including phenoxy) is 1. The Balaban J connectivity index is 3.66. The quantitative estimate of drug-likeness (QED) is 0.478. The van der Waals surface area contributed by atoms with Crippen LogP contribution in [0.15, 0.2) is 25.3 Å². The van der Waals surface area contributed by atoms with Crippen LogP contribution < -0.4 is 0 Å². The topological polar surface area (TPSA) is 46.5 Å². The van der Waals surface area contributed by atoms with E-state index in [-0.39, 0.29) is 19.0 Å². The van der Waals surface area contributed by atoms with Crippen molar-refractivity contribution in [2.24, 2.45) is 0 Å². The molecule has 0 spiro atoms. The molecule has 3 nitrogen and oxygen atoms in total. The normalized spacial score (nSPS) is 9.50. The first-order valence-electron chi connectivity index (χ1n) is 3.80. The Morgan fingerprint density at radius 2 is 2.08 bits per heavy atom. The fourth-order valence-corrected chi connectivity index (χ4v) is 0.627. The van der Waals surface area contributed by atoms with Gasteiger partial charge >= 0.3 is 5.97 Å². The van der Waals surface area contributed by atoms with Crippen LogP contribution in [0.25, 0.3) is 0 Å². The third-order valence-electron chi connectivity index (χ3n) is 1.27. The Kier molecular flexibility index (Phi) is 6.01. The van der Waals surface area contributed by atoms with E-state index >= 15 is 0 Å². The zero-order valence-corrected chi connectivity index (χ0v) is 7.03. The molecule has 0 atom stereocenters. The lowest BCUT2D eigenvalue weighted by atomic mass is 10.3. The Morgan fingerprint density at radius 3 is 2.50 bits per heavy atom. The molecule has 0 aromatic carbocycles. The Bertz CT molecular complexity index is 155. The van der Waals surface area contributed by atoms with Gasteiger partial charge < -0.3 is 9.84 Å². The molecule has 0 unspecified atom stereocenters. The molecular formula is C9H14O3. The lowest BCUT2D eigenvalue weighted by molar-refractivity contribution is -0.145. The van der Waals surface area contributed by atoms with Crippen LogP contribution in [0.5, 0.6) is 0 Å². The largest absolute Gasteiger partial charge is 0.454 e. The number of rotatable bonds is 6. The molecule has 12 heavy (non-hydrogen) atoms. The van der Waals surface area contributed by atoms with Gasteiger partial charge in [0.15, 0.2) is 0 Å². The molecule has 3 heteroatoms. The number of aliphatic hydroxyl groups excluding tert-OH is 1. The van der Waals surface area contributed by atoms with E-state index in [1.54, 1.807) is 0 Å². The zero-order chi connectivity index (χ0) is 9.40. The monoisotopic (exact) mass is 170 g/mol. The van der Waals surface area contributed by atoms with Crippen LogP contribution in [0.2, 0.25) is 0 Å². The van der Waals surface area contributed by atoms with Gasteiger partial charge in [0.2, 0.25) is 0 Å². The molecule has 68 valence electrons. The molecule has 0 saturated carbocycles. The summed E-state index contributed by atoms with van der Waals surface area (Å²) < 4.78 is 4.86. The van der Waals surface area contributed by atoms with Gasteiger partial charge in [-0.25, -0.2) is 0 Å². The second kappa shape index (κ2) is 6.61. The summed E-state index contributed by atoms with van der Waals surface area (Å²) in [5.41, 5.74) is 0. The molecule has 1 N–H and O–H groups in total. The third kappa shape index (κ3) is 4.68. The highest BCUT2D eigenvalue weighted by molar-refractivity contribution is 5.69. The SMILES string of the molecule is C=CC(C=C)OC(=O)CCCO. The van der Waals surface area contributed by atoms with E-state index in [2.05, 4.69) is 13.2 Å². The lowest BCUT2D eigenvalue weighted by Crippen LogP contribution is -2.13. The molecule has 0 aliphatic carbocycles. The lowest BCUT2D eigenvalue weighted by Gasteiger charge is -2.08. The van der Waals surface area contributed by atoms with Crippen molar-refractivity contribution >= 4 is 5.97 Å². The summed E-state index contributed by atoms with van der Waals surface area (Å²) in [4.78, 5) is 10.9. The van der Waals surface area contributed by atoms with Gasteiger partial charge in [-0.15, -0.1) is 0 Å². The summed E-state index contributed by atoms with van der Waals surface area (Å²) in [6, 6.07) is 0. The van der Waals surface area contributed by atoms with Gasteiger partial charge in [-0.3, -0.25) is 4.79 Å². The van der Waals surface area contributed by atoms with Crippen molar-refractivity contribution in [1.29, 1.82) is 0 Å². The van der Waals surface area contributed by atoms with E-state index in [9.17, 15) is 4.79 Å². The van der Waals surface area contributed by atoms with Crippen molar-refractivity contribution in [2.45, 2.75) is 18.9 Å². The average molecular weight is 170 g/mol. The summed E-state index contributed by atoms with van der Waals surface area (Å²) in [5, 5.41) is 8.42. The van der Waals surface area contributed by atoms with Crippen LogP contribution in [-0.4, -0.2) is 23.8 Å². The molecule has 0 fully saturated rings. The molecule has 0 radical (unpaired) electrons. The van der Waals surface area contributed by atoms with Crippen LogP contribution in [0.1, 0.15) is 12.8 Å². The number of carbonyl (C=O) groups excluding carboxylic acids is 1. The number of esters is 1. The first-order valence-corrected chi connectivity index (χ1v) is 3.80. The molecule has 0 aromatic heterocycles. The van der Waals surface area contributed by atoms with Crippen molar-refractivity contribution < 1.29 is 14.6 Å². The van der Waals surface area contributed by atoms with Gasteiger partial charge in [-0.1, -0.05) is 13.2 Å². The summed E-state index contributed by atoms with van der Waals surface area (Å²) in [6.45, 7) is 6.94. The van der Waals surface area contributed by atoms with Crippen molar-refractivity contribution in [3.05, 3.63) is 25.3 Å². The molecular weight excluding hydrogens is 156 g/mol. The van der Waals surface area contributed by atoms with E-state index in [0.29, 0.717) is 6.42 Å². The number of hydrogen-bond donors (Lipinski definition) is 1. The Labute approximate surface area is 72.3 Å². The summed E-state index contributed by atoms with van der Waals surface area (Å²) >= 11 is 0. The highest BCUT2D eigenvalue weighted by Gasteiger charge is 2.06. The van der Waals surface area contributed by atoms with E-state index in [4.69, 9.17) is 9.84 Å². The van der Waals surface area contributed by atoms with E-state index in [1.807, 2.05) is 0 Å². The first kappa shape index (κ1) is 10.9.